The average molecular weight is 1280 g/mol. The smallest absolute Gasteiger partial charge is 0.253 e. The summed E-state index contributed by atoms with van der Waals surface area (Å²) in [4.78, 5) is 186. The van der Waals surface area contributed by atoms with Gasteiger partial charge in [0.25, 0.3) is 11.8 Å². The zero-order valence-corrected chi connectivity index (χ0v) is 52.8. The van der Waals surface area contributed by atoms with Crippen LogP contribution in [0.25, 0.3) is 0 Å². The number of thioether (sulfide) groups is 3. The van der Waals surface area contributed by atoms with Crippen molar-refractivity contribution in [1.29, 1.82) is 0 Å². The predicted octanol–water partition coefficient (Wildman–Crippen LogP) is -3.79. The maximum atomic E-state index is 12.1. The number of amides is 13. The molecule has 33 heteroatoms. The summed E-state index contributed by atoms with van der Waals surface area (Å²) in [6.07, 6.45) is 3.24. The molecule has 3 unspecified atom stereocenters. The van der Waals surface area contributed by atoms with Gasteiger partial charge in [-0.25, -0.2) is 0 Å². The molecule has 0 spiro atoms. The van der Waals surface area contributed by atoms with Crippen molar-refractivity contribution in [2.75, 3.05) is 82.4 Å². The molecule has 0 aromatic carbocycles. The Balaban J connectivity index is 0.00000107. The molecule has 0 radical (unpaired) electrons. The fourth-order valence-corrected chi connectivity index (χ4v) is 10.7. The summed E-state index contributed by atoms with van der Waals surface area (Å²) >= 11 is 7.54. The monoisotopic (exact) mass is 1280 g/mol. The molecule has 85 heavy (non-hydrogen) atoms. The Bertz CT molecular complexity index is 2310. The zero-order valence-electron chi connectivity index (χ0n) is 49.4. The number of hydrogen-bond donors (Lipinski definition) is 11. The lowest BCUT2D eigenvalue weighted by Crippen LogP contribution is -2.54. The lowest BCUT2D eigenvalue weighted by Gasteiger charge is -2.27. The van der Waals surface area contributed by atoms with E-state index in [1.54, 1.807) is 13.8 Å². The molecule has 478 valence electrons. The van der Waals surface area contributed by atoms with Crippen LogP contribution >= 0.6 is 47.9 Å². The van der Waals surface area contributed by atoms with Crippen LogP contribution in [0.4, 0.5) is 0 Å². The third-order valence-corrected chi connectivity index (χ3v) is 16.2. The van der Waals surface area contributed by atoms with E-state index in [1.165, 1.54) is 75.3 Å². The fraction of sp³-hybridized carbons (Fsp3) is 0.654. The summed E-state index contributed by atoms with van der Waals surface area (Å²) in [7, 11) is 1.51. The Labute approximate surface area is 513 Å². The van der Waals surface area contributed by atoms with E-state index in [0.717, 1.165) is 14.7 Å². The van der Waals surface area contributed by atoms with Crippen molar-refractivity contribution in [2.24, 2.45) is 17.2 Å². The van der Waals surface area contributed by atoms with E-state index in [9.17, 15) is 76.7 Å². The molecule has 7 atom stereocenters. The van der Waals surface area contributed by atoms with Crippen LogP contribution in [0.5, 0.6) is 0 Å². The summed E-state index contributed by atoms with van der Waals surface area (Å²) in [5, 5.41) is 16.6. The van der Waals surface area contributed by atoms with Crippen LogP contribution in [0.2, 0.25) is 0 Å². The van der Waals surface area contributed by atoms with Gasteiger partial charge < -0.3 is 54.4 Å². The maximum absolute atomic E-state index is 12.1. The summed E-state index contributed by atoms with van der Waals surface area (Å²) in [6.45, 7) is 14.2. The van der Waals surface area contributed by atoms with Gasteiger partial charge in [0.2, 0.25) is 65.0 Å². The Kier molecular flexibility index (Phi) is 40.2. The highest BCUT2D eigenvalue weighted by Crippen LogP contribution is 2.27. The molecule has 4 aliphatic heterocycles. The van der Waals surface area contributed by atoms with E-state index in [2.05, 4.69) is 49.8 Å². The first-order valence-electron chi connectivity index (χ1n) is 27.3. The number of nitrogens with two attached hydrogens (primary N) is 3. The minimum Gasteiger partial charge on any atom is -0.357 e. The fourth-order valence-electron chi connectivity index (χ4n) is 6.89. The lowest BCUT2D eigenvalue weighted by atomic mass is 10.2. The summed E-state index contributed by atoms with van der Waals surface area (Å²) in [6, 6.07) is -2.17. The van der Waals surface area contributed by atoms with Gasteiger partial charge in [0, 0.05) is 140 Å². The predicted molar refractivity (Wildman–Crippen MR) is 324 cm³/mol. The molecular weight excluding hydrogens is 1190 g/mol. The Morgan fingerprint density at radius 3 is 1.29 bits per heavy atom. The molecule has 0 bridgehead atoms. The molecule has 13 N–H and O–H groups in total. The highest BCUT2D eigenvalue weighted by atomic mass is 32.2. The van der Waals surface area contributed by atoms with E-state index in [0.29, 0.717) is 49.2 Å². The highest BCUT2D eigenvalue weighted by molar-refractivity contribution is 8.01. The molecule has 13 amide bonds. The number of likely N-dealkylation sites (N-methyl/N-ethyl adjacent to an activating group) is 1. The van der Waals surface area contributed by atoms with Gasteiger partial charge in [-0.1, -0.05) is 0 Å². The minimum absolute atomic E-state index is 0.00463. The van der Waals surface area contributed by atoms with Crippen LogP contribution in [-0.2, 0) is 76.7 Å². The molecular formula is C52H85N13O16S4. The number of carbonyl (C=O) groups is 16. The second kappa shape index (κ2) is 43.4. The van der Waals surface area contributed by atoms with Gasteiger partial charge in [0.1, 0.15) is 23.4 Å². The molecule has 0 aromatic rings. The third-order valence-electron chi connectivity index (χ3n) is 11.9. The van der Waals surface area contributed by atoms with Gasteiger partial charge in [-0.2, -0.15) is 12.6 Å². The number of carbonyl (C=O) groups excluding carboxylic acids is 16. The highest BCUT2D eigenvalue weighted by Gasteiger charge is 2.40. The van der Waals surface area contributed by atoms with E-state index < -0.39 is 33.9 Å². The van der Waals surface area contributed by atoms with Gasteiger partial charge in [-0.05, 0) is 48.5 Å². The van der Waals surface area contributed by atoms with Crippen molar-refractivity contribution in [1.82, 2.24) is 51.9 Å². The first-order chi connectivity index (χ1) is 40.0. The van der Waals surface area contributed by atoms with E-state index in [4.69, 9.17) is 17.2 Å². The standard InChI is InChI=1S/C13H22N4O4S.2C13H21N3O4S.C9H12N2O3.C4H9NOS/c1-3-15-10(18)4-5-16-11(19)6-9-13(21)17-8(7-22-9)12(20)14-2;2*1-3-15-11(18)4-5-16-12(19)6-10(13(16)20)21-7-9(14)8(2)17;1-2-10-7(12)5-6-11-8(13)3-4-9(11)14;1-3(6)4(5)2-7/h8-9H,3-7H2,1-2H3,(H,14,20)(H,15,18)(H,16,19)(H,17,21);2*9-10H,3-7,14H2,1-2H3,(H,15,18);3-4H,2,5-6H2,1H3,(H,10,12);4,7H,2,5H2,1H3/t8-,9?;2*9-,10?;;4-/m011.1/s1. The van der Waals surface area contributed by atoms with E-state index in [-0.39, 0.29) is 171 Å². The molecule has 3 fully saturated rings. The van der Waals surface area contributed by atoms with Crippen molar-refractivity contribution < 1.29 is 76.7 Å². The normalized spacial score (nSPS) is 18.7. The summed E-state index contributed by atoms with van der Waals surface area (Å²) in [5.41, 5.74) is 16.4. The SMILES string of the molecule is CC(=O)[C@H](N)CS.CCNC(=O)CCN1C(=O)C=CC1=O.CCNC(=O)CCN1C(=O)CC(SC[C@@H](N)C(C)=O)C1=O.CCNC(=O)CCN1C(=O)CC(SC[C@@H](N)C(C)=O)C1=O.CCNC(=O)CCNC(=O)CC1SC[C@@H](C(=O)NC)NC1=O. The van der Waals surface area contributed by atoms with Crippen molar-refractivity contribution in [3.63, 3.8) is 0 Å². The minimum atomic E-state index is -0.623. The van der Waals surface area contributed by atoms with Crippen molar-refractivity contribution in [3.05, 3.63) is 12.2 Å². The first kappa shape index (κ1) is 78.7. The van der Waals surface area contributed by atoms with Crippen LogP contribution in [0.15, 0.2) is 12.2 Å². The number of ketones is 3. The quantitative estimate of drug-likeness (QED) is 0.0253. The Morgan fingerprint density at radius 1 is 0.588 bits per heavy atom. The number of rotatable bonds is 29. The average Bonchev–Trinajstić information content (AvgIpc) is 3.88. The number of imide groups is 3. The van der Waals surface area contributed by atoms with Crippen molar-refractivity contribution >= 4 is 142 Å². The molecule has 4 heterocycles. The van der Waals surface area contributed by atoms with Gasteiger partial charge in [0.15, 0.2) is 0 Å². The number of nitrogens with zero attached hydrogens (tertiary/aromatic N) is 3. The molecule has 0 saturated carbocycles. The van der Waals surface area contributed by atoms with Gasteiger partial charge in [-0.15, -0.1) is 35.3 Å². The van der Waals surface area contributed by atoms with Crippen molar-refractivity contribution in [2.45, 2.75) is 133 Å². The van der Waals surface area contributed by atoms with Crippen LogP contribution in [0.3, 0.4) is 0 Å². The molecule has 3 saturated heterocycles. The number of nitrogens with one attached hydrogen (secondary N) is 7. The zero-order chi connectivity index (χ0) is 64.9. The van der Waals surface area contributed by atoms with Crippen LogP contribution in [0.1, 0.15) is 93.4 Å². The molecule has 0 aliphatic carbocycles. The van der Waals surface area contributed by atoms with E-state index in [1.807, 2.05) is 13.8 Å². The summed E-state index contributed by atoms with van der Waals surface area (Å²) in [5.74, 6) is -2.16. The molecule has 4 aliphatic rings. The number of thiol groups is 1. The number of hydrogen-bond acceptors (Lipinski definition) is 23. The molecule has 0 aromatic heterocycles. The largest absolute Gasteiger partial charge is 0.357 e. The number of likely N-dealkylation sites (tertiary alicyclic amines) is 2. The van der Waals surface area contributed by atoms with Crippen LogP contribution < -0.4 is 54.4 Å². The van der Waals surface area contributed by atoms with Gasteiger partial charge in [0.05, 0.1) is 33.9 Å². The lowest BCUT2D eigenvalue weighted by molar-refractivity contribution is -0.140. The topological polar surface area (TPSA) is 445 Å². The summed E-state index contributed by atoms with van der Waals surface area (Å²) < 4.78 is 0. The first-order valence-corrected chi connectivity index (χ1v) is 31.1. The van der Waals surface area contributed by atoms with Crippen LogP contribution in [-0.4, -0.2) is 231 Å². The maximum Gasteiger partial charge on any atom is 0.253 e. The third kappa shape index (κ3) is 31.6. The second-order valence-corrected chi connectivity index (χ2v) is 22.8. The molecule has 29 nitrogen and oxygen atoms in total. The van der Waals surface area contributed by atoms with E-state index >= 15 is 0 Å². The number of Topliss-reactive ketones (excluding diaryl/α,β-unsaturated/α-hetero) is 3. The second-order valence-electron chi connectivity index (χ2n) is 18.7. The Morgan fingerprint density at radius 2 is 0.965 bits per heavy atom. The van der Waals surface area contributed by atoms with Crippen LogP contribution in [0, 0.1) is 0 Å². The molecule has 4 rings (SSSR count). The Hall–Kier alpha value is -6.26. The van der Waals surface area contributed by atoms with Gasteiger partial charge >= 0.3 is 0 Å². The van der Waals surface area contributed by atoms with Gasteiger partial charge in [-0.3, -0.25) is 91.4 Å². The van der Waals surface area contributed by atoms with Crippen molar-refractivity contribution in [3.8, 4) is 0 Å².